The molecule has 0 spiro atoms. The first kappa shape index (κ1) is 6.65. The van der Waals surface area contributed by atoms with Crippen molar-refractivity contribution in [3.63, 3.8) is 0 Å². The topological polar surface area (TPSA) is 50.5 Å². The van der Waals surface area contributed by atoms with Crippen molar-refractivity contribution >= 4 is 17.1 Å². The average Bonchev–Trinajstić information content (AvgIpc) is 2.50. The molecule has 3 N–H and O–H groups in total. The van der Waals surface area contributed by atoms with Crippen molar-refractivity contribution < 1.29 is 4.74 Å². The van der Waals surface area contributed by atoms with Crippen molar-refractivity contribution in [1.29, 1.82) is 0 Å². The zero-order valence-electron chi connectivity index (χ0n) is 6.95. The van der Waals surface area contributed by atoms with Gasteiger partial charge >= 0.3 is 0 Å². The van der Waals surface area contributed by atoms with Gasteiger partial charge in [-0.2, -0.15) is 0 Å². The number of anilines is 3. The number of nitrogen functional groups attached to an aromatic ring is 1. The van der Waals surface area contributed by atoms with Crippen LogP contribution in [0, 0.1) is 0 Å². The highest BCUT2D eigenvalue weighted by Gasteiger charge is 2.24. The number of hydrogen-bond acceptors (Lipinski definition) is 4. The van der Waals surface area contributed by atoms with E-state index in [2.05, 4.69) is 10.2 Å². The van der Waals surface area contributed by atoms with E-state index in [-0.39, 0.29) is 0 Å². The SMILES string of the molecule is Nc1cc2c3c(c1)OC=CN3CN2. The monoisotopic (exact) mass is 175 g/mol. The highest BCUT2D eigenvalue weighted by molar-refractivity contribution is 5.85. The van der Waals surface area contributed by atoms with Gasteiger partial charge in [-0.05, 0) is 6.07 Å². The van der Waals surface area contributed by atoms with Crippen molar-refractivity contribution in [3.05, 3.63) is 24.6 Å². The smallest absolute Gasteiger partial charge is 0.154 e. The van der Waals surface area contributed by atoms with Gasteiger partial charge in [-0.15, -0.1) is 0 Å². The van der Waals surface area contributed by atoms with Crippen LogP contribution in [0.3, 0.4) is 0 Å². The molecule has 2 aliphatic heterocycles. The Morgan fingerprint density at radius 1 is 1.46 bits per heavy atom. The third kappa shape index (κ3) is 0.796. The lowest BCUT2D eigenvalue weighted by Crippen LogP contribution is -2.18. The van der Waals surface area contributed by atoms with Gasteiger partial charge in [0.1, 0.15) is 11.9 Å². The minimum atomic E-state index is 0.721. The Labute approximate surface area is 75.6 Å². The molecule has 0 fully saturated rings. The van der Waals surface area contributed by atoms with Crippen LogP contribution in [0.5, 0.6) is 5.75 Å². The van der Waals surface area contributed by atoms with Crippen LogP contribution in [0.4, 0.5) is 17.1 Å². The first-order valence-corrected chi connectivity index (χ1v) is 4.12. The zero-order chi connectivity index (χ0) is 8.84. The molecule has 13 heavy (non-hydrogen) atoms. The predicted molar refractivity (Wildman–Crippen MR) is 51.6 cm³/mol. The minimum absolute atomic E-state index is 0.721. The number of nitrogens with one attached hydrogen (secondary N) is 1. The summed E-state index contributed by atoms with van der Waals surface area (Å²) >= 11 is 0. The number of ether oxygens (including phenoxy) is 1. The summed E-state index contributed by atoms with van der Waals surface area (Å²) in [6.45, 7) is 0.783. The first-order chi connectivity index (χ1) is 6.34. The fraction of sp³-hybridized carbons (Fsp3) is 0.111. The number of nitrogens with two attached hydrogens (primary N) is 1. The van der Waals surface area contributed by atoms with Crippen molar-refractivity contribution in [2.24, 2.45) is 0 Å². The minimum Gasteiger partial charge on any atom is -0.461 e. The second kappa shape index (κ2) is 2.10. The lowest BCUT2D eigenvalue weighted by atomic mass is 10.2. The van der Waals surface area contributed by atoms with Gasteiger partial charge in [0, 0.05) is 18.0 Å². The molecule has 0 atom stereocenters. The molecule has 0 aromatic heterocycles. The van der Waals surface area contributed by atoms with E-state index in [0.29, 0.717) is 0 Å². The Balaban J connectivity index is 2.27. The van der Waals surface area contributed by atoms with Gasteiger partial charge in [0.25, 0.3) is 0 Å². The number of benzene rings is 1. The maximum absolute atomic E-state index is 5.71. The Bertz CT molecular complexity index is 400. The van der Waals surface area contributed by atoms with Crippen LogP contribution in [0.25, 0.3) is 0 Å². The molecule has 2 heterocycles. The van der Waals surface area contributed by atoms with Crippen molar-refractivity contribution in [2.45, 2.75) is 0 Å². The molecule has 0 amide bonds. The van der Waals surface area contributed by atoms with Gasteiger partial charge < -0.3 is 20.7 Å². The van der Waals surface area contributed by atoms with Crippen LogP contribution in [-0.4, -0.2) is 6.67 Å². The molecule has 0 aliphatic carbocycles. The van der Waals surface area contributed by atoms with Gasteiger partial charge in [0.15, 0.2) is 5.75 Å². The molecule has 0 unspecified atom stereocenters. The summed E-state index contributed by atoms with van der Waals surface area (Å²) in [7, 11) is 0. The quantitative estimate of drug-likeness (QED) is 0.584. The fourth-order valence-corrected chi connectivity index (χ4v) is 1.70. The molecule has 0 bridgehead atoms. The molecule has 0 saturated carbocycles. The van der Waals surface area contributed by atoms with Crippen LogP contribution < -0.4 is 20.7 Å². The molecule has 3 rings (SSSR count). The van der Waals surface area contributed by atoms with E-state index >= 15 is 0 Å². The summed E-state index contributed by atoms with van der Waals surface area (Å²) < 4.78 is 5.35. The highest BCUT2D eigenvalue weighted by Crippen LogP contribution is 2.43. The second-order valence-electron chi connectivity index (χ2n) is 3.12. The molecule has 0 saturated heterocycles. The molecule has 1 aromatic carbocycles. The first-order valence-electron chi connectivity index (χ1n) is 4.12. The van der Waals surface area contributed by atoms with Gasteiger partial charge in [-0.25, -0.2) is 0 Å². The fourth-order valence-electron chi connectivity index (χ4n) is 1.70. The summed E-state index contributed by atoms with van der Waals surface area (Å²) in [5, 5.41) is 3.24. The largest absolute Gasteiger partial charge is 0.461 e. The molecular weight excluding hydrogens is 166 g/mol. The van der Waals surface area contributed by atoms with Crippen LogP contribution in [-0.2, 0) is 0 Å². The maximum Gasteiger partial charge on any atom is 0.154 e. The highest BCUT2D eigenvalue weighted by atomic mass is 16.5. The van der Waals surface area contributed by atoms with E-state index < -0.39 is 0 Å². The zero-order valence-corrected chi connectivity index (χ0v) is 6.95. The Kier molecular flexibility index (Phi) is 1.07. The summed E-state index contributed by atoms with van der Waals surface area (Å²) in [4.78, 5) is 2.09. The summed E-state index contributed by atoms with van der Waals surface area (Å²) in [6, 6.07) is 3.75. The second-order valence-corrected chi connectivity index (χ2v) is 3.12. The molecule has 66 valence electrons. The van der Waals surface area contributed by atoms with Gasteiger partial charge in [-0.1, -0.05) is 0 Å². The Hall–Kier alpha value is -1.84. The molecule has 1 aromatic rings. The number of rotatable bonds is 0. The summed E-state index contributed by atoms with van der Waals surface area (Å²) in [6.07, 6.45) is 3.57. The lowest BCUT2D eigenvalue weighted by Gasteiger charge is -2.19. The maximum atomic E-state index is 5.71. The van der Waals surface area contributed by atoms with Crippen LogP contribution in [0.1, 0.15) is 0 Å². The lowest BCUT2D eigenvalue weighted by molar-refractivity contribution is 0.472. The molecule has 4 nitrogen and oxygen atoms in total. The van der Waals surface area contributed by atoms with Gasteiger partial charge in [0.05, 0.1) is 12.4 Å². The molecule has 2 aliphatic rings. The predicted octanol–water partition coefficient (Wildman–Crippen LogP) is 1.32. The van der Waals surface area contributed by atoms with Gasteiger partial charge in [0.2, 0.25) is 0 Å². The third-order valence-corrected chi connectivity index (χ3v) is 2.26. The molecule has 0 radical (unpaired) electrons. The summed E-state index contributed by atoms with van der Waals surface area (Å²) in [5.41, 5.74) is 8.56. The van der Waals surface area contributed by atoms with E-state index in [4.69, 9.17) is 10.5 Å². The standard InChI is InChI=1S/C9H9N3O/c10-6-3-7-9-8(4-6)13-2-1-12(9)5-11-7/h1-4,11H,5,10H2. The van der Waals surface area contributed by atoms with Crippen LogP contribution >= 0.6 is 0 Å². The Morgan fingerprint density at radius 2 is 2.38 bits per heavy atom. The molecule has 4 heteroatoms. The average molecular weight is 175 g/mol. The van der Waals surface area contributed by atoms with Crippen molar-refractivity contribution in [2.75, 3.05) is 22.6 Å². The van der Waals surface area contributed by atoms with E-state index in [1.165, 1.54) is 0 Å². The van der Waals surface area contributed by atoms with Gasteiger partial charge in [-0.3, -0.25) is 0 Å². The number of hydrogen-bond donors (Lipinski definition) is 2. The van der Waals surface area contributed by atoms with Crippen LogP contribution in [0.15, 0.2) is 24.6 Å². The molecular formula is C9H9N3O. The van der Waals surface area contributed by atoms with E-state index in [9.17, 15) is 0 Å². The summed E-state index contributed by atoms with van der Waals surface area (Å²) in [5.74, 6) is 0.822. The van der Waals surface area contributed by atoms with E-state index in [0.717, 1.165) is 29.5 Å². The third-order valence-electron chi connectivity index (χ3n) is 2.26. The van der Waals surface area contributed by atoms with Crippen molar-refractivity contribution in [1.82, 2.24) is 0 Å². The van der Waals surface area contributed by atoms with Crippen molar-refractivity contribution in [3.8, 4) is 5.75 Å². The Morgan fingerprint density at radius 3 is 3.31 bits per heavy atom. The van der Waals surface area contributed by atoms with E-state index in [1.54, 1.807) is 6.26 Å². The van der Waals surface area contributed by atoms with E-state index in [1.807, 2.05) is 18.3 Å². The number of nitrogens with zero attached hydrogens (tertiary/aromatic N) is 1. The van der Waals surface area contributed by atoms with Crippen LogP contribution in [0.2, 0.25) is 0 Å². The normalized spacial score (nSPS) is 16.5.